The molecule has 0 unspecified atom stereocenters. The van der Waals surface area contributed by atoms with Crippen molar-refractivity contribution < 1.29 is 49.0 Å². The van der Waals surface area contributed by atoms with Crippen molar-refractivity contribution in [1.82, 2.24) is 0 Å². The summed E-state index contributed by atoms with van der Waals surface area (Å²) in [5.41, 5.74) is 9.10. The molecule has 3 aromatic carbocycles. The first-order valence-corrected chi connectivity index (χ1v) is 8.90. The van der Waals surface area contributed by atoms with Gasteiger partial charge >= 0.3 is 156 Å². The van der Waals surface area contributed by atoms with E-state index < -0.39 is 0 Å². The Morgan fingerprint density at radius 3 is 1.96 bits per heavy atom. The second kappa shape index (κ2) is 8.29. The molecule has 0 atom stereocenters. The number of rotatable bonds is 3. The second-order valence-corrected chi connectivity index (χ2v) is 7.14. The van der Waals surface area contributed by atoms with E-state index in [9.17, 15) is 0 Å². The third-order valence-corrected chi connectivity index (χ3v) is 5.77. The molecule has 0 aliphatic heterocycles. The molecular formula is C22H19Cl2OTi. The molecule has 0 N–H and O–H groups in total. The molecule has 0 radical (unpaired) electrons. The molecular weight excluding hydrogens is 399 g/mol. The van der Waals surface area contributed by atoms with Crippen LogP contribution in [0.1, 0.15) is 30.5 Å². The zero-order valence-electron chi connectivity index (χ0n) is 14.7. The minimum atomic E-state index is -0.315. The van der Waals surface area contributed by atoms with Crippen LogP contribution >= 0.6 is 0 Å². The molecule has 26 heavy (non-hydrogen) atoms. The van der Waals surface area contributed by atoms with Crippen molar-refractivity contribution >= 4 is 0 Å². The van der Waals surface area contributed by atoms with Gasteiger partial charge in [-0.3, -0.25) is 0 Å². The van der Waals surface area contributed by atoms with Gasteiger partial charge in [0.05, 0.1) is 0 Å². The van der Waals surface area contributed by atoms with Gasteiger partial charge in [-0.05, 0) is 0 Å². The minimum absolute atomic E-state index is 0. The third kappa shape index (κ3) is 3.52. The van der Waals surface area contributed by atoms with Crippen LogP contribution < -0.4 is 24.8 Å². The smallest absolute Gasteiger partial charge is 1.00 e. The van der Waals surface area contributed by atoms with E-state index in [2.05, 4.69) is 80.6 Å². The number of hydrogen-bond acceptors (Lipinski definition) is 1. The Morgan fingerprint density at radius 2 is 1.27 bits per heavy atom. The van der Waals surface area contributed by atoms with Gasteiger partial charge in [0.1, 0.15) is 0 Å². The van der Waals surface area contributed by atoms with E-state index in [1.807, 2.05) is 0 Å². The maximum atomic E-state index is 5.77. The van der Waals surface area contributed by atoms with Gasteiger partial charge in [-0.15, -0.1) is 0 Å². The molecule has 3 aromatic rings. The zero-order chi connectivity index (χ0) is 16.7. The van der Waals surface area contributed by atoms with Gasteiger partial charge in [-0.2, -0.15) is 0 Å². The van der Waals surface area contributed by atoms with Gasteiger partial charge in [0.15, 0.2) is 0 Å². The van der Waals surface area contributed by atoms with E-state index in [0.29, 0.717) is 0 Å². The van der Waals surface area contributed by atoms with Crippen molar-refractivity contribution in [2.45, 2.75) is 25.9 Å². The van der Waals surface area contributed by atoms with Crippen LogP contribution in [0.15, 0.2) is 66.7 Å². The van der Waals surface area contributed by atoms with E-state index in [4.69, 9.17) is 3.32 Å². The largest absolute Gasteiger partial charge is 1.00 e. The Hall–Kier alpha value is -1.09. The Balaban J connectivity index is 0.00000121. The Bertz CT molecular complexity index is 922. The third-order valence-electron chi connectivity index (χ3n) is 4.97. The average Bonchev–Trinajstić information content (AvgIpc) is 3.00. The summed E-state index contributed by atoms with van der Waals surface area (Å²) in [6, 6.07) is 24.0. The van der Waals surface area contributed by atoms with Crippen molar-refractivity contribution in [3.05, 3.63) is 83.4 Å². The second-order valence-electron chi connectivity index (χ2n) is 6.82. The van der Waals surface area contributed by atoms with Crippen molar-refractivity contribution in [3.8, 4) is 22.3 Å². The van der Waals surface area contributed by atoms with E-state index in [1.54, 1.807) is 20.8 Å². The topological polar surface area (TPSA) is 9.23 Å². The fourth-order valence-corrected chi connectivity index (χ4v) is 3.88. The van der Waals surface area contributed by atoms with Crippen LogP contribution in [0.5, 0.6) is 0 Å². The standard InChI is InChI=1S/C22H19O.2ClH.Ti/c1-22(2,23)21-13-6-5-10-19(21)18-12-7-11-17-16-9-4-3-8-15(16)14-20(17)18;;;/h3-13H,14H2,1-2H3;2*1H;/q-1;;;+3/p-2. The molecule has 4 rings (SSSR count). The molecule has 0 saturated heterocycles. The molecule has 0 saturated carbocycles. The van der Waals surface area contributed by atoms with Crippen molar-refractivity contribution in [2.75, 3.05) is 0 Å². The van der Waals surface area contributed by atoms with Crippen LogP contribution in [0.25, 0.3) is 22.3 Å². The molecule has 1 nitrogen and oxygen atoms in total. The summed E-state index contributed by atoms with van der Waals surface area (Å²) in [5.74, 6) is 0. The first kappa shape index (κ1) is 21.2. The van der Waals surface area contributed by atoms with Gasteiger partial charge in [0, 0.05) is 0 Å². The molecule has 0 aromatic heterocycles. The molecule has 131 valence electrons. The zero-order valence-corrected chi connectivity index (χ0v) is 17.8. The monoisotopic (exact) mass is 417 g/mol. The van der Waals surface area contributed by atoms with Crippen LogP contribution in [0.2, 0.25) is 0 Å². The molecule has 0 bridgehead atoms. The van der Waals surface area contributed by atoms with E-state index in [1.165, 1.54) is 38.9 Å². The Kier molecular flexibility index (Phi) is 6.77. The summed E-state index contributed by atoms with van der Waals surface area (Å²) in [6.07, 6.45) is 1.00. The average molecular weight is 418 g/mol. The van der Waals surface area contributed by atoms with Crippen LogP contribution in [0, 0.1) is 0 Å². The molecule has 1 aliphatic rings. The summed E-state index contributed by atoms with van der Waals surface area (Å²) in [4.78, 5) is 0. The van der Waals surface area contributed by atoms with Crippen molar-refractivity contribution in [3.63, 3.8) is 0 Å². The number of hydrogen-bond donors (Lipinski definition) is 0. The van der Waals surface area contributed by atoms with Crippen LogP contribution in [0.4, 0.5) is 0 Å². The van der Waals surface area contributed by atoms with Gasteiger partial charge in [0.25, 0.3) is 0 Å². The molecule has 0 heterocycles. The van der Waals surface area contributed by atoms with E-state index in [0.717, 1.165) is 6.42 Å². The Labute approximate surface area is 179 Å². The molecule has 1 aliphatic carbocycles. The van der Waals surface area contributed by atoms with Gasteiger partial charge in [0.2, 0.25) is 0 Å². The summed E-state index contributed by atoms with van der Waals surface area (Å²) < 4.78 is 5.77. The fourth-order valence-electron chi connectivity index (χ4n) is 3.71. The summed E-state index contributed by atoms with van der Waals surface area (Å²) in [7, 11) is 0. The first-order valence-electron chi connectivity index (χ1n) is 8.26. The summed E-state index contributed by atoms with van der Waals surface area (Å²) in [6.45, 7) is 4.26. The van der Waals surface area contributed by atoms with E-state index >= 15 is 0 Å². The number of halogens is 2. The minimum Gasteiger partial charge on any atom is -1.00 e. The molecule has 0 spiro atoms. The number of fused-ring (bicyclic) bond motifs is 3. The molecule has 4 heteroatoms. The quantitative estimate of drug-likeness (QED) is 0.414. The van der Waals surface area contributed by atoms with Crippen LogP contribution in [-0.2, 0) is 36.2 Å². The SMILES string of the molecule is CC(C)([O][Ti+2])c1ccccc1-c1cccc2c1Cc1ccccc1-2.[Cl-].[Cl-]. The summed E-state index contributed by atoms with van der Waals surface area (Å²) >= 11 is 1.78. The maximum Gasteiger partial charge on any atom is -1.00 e. The van der Waals surface area contributed by atoms with Gasteiger partial charge < -0.3 is 24.8 Å². The number of benzene rings is 3. The fraction of sp³-hybridized carbons (Fsp3) is 0.182. The molecule has 0 amide bonds. The van der Waals surface area contributed by atoms with Crippen molar-refractivity contribution in [2.24, 2.45) is 0 Å². The Morgan fingerprint density at radius 1 is 0.731 bits per heavy atom. The van der Waals surface area contributed by atoms with Crippen LogP contribution in [-0.4, -0.2) is 0 Å². The predicted molar refractivity (Wildman–Crippen MR) is 94.2 cm³/mol. The van der Waals surface area contributed by atoms with Gasteiger partial charge in [-0.25, -0.2) is 0 Å². The predicted octanol–water partition coefficient (Wildman–Crippen LogP) is -0.354. The van der Waals surface area contributed by atoms with Gasteiger partial charge in [-0.1, -0.05) is 0 Å². The van der Waals surface area contributed by atoms with Crippen molar-refractivity contribution in [1.29, 1.82) is 0 Å². The first-order chi connectivity index (χ1) is 11.6. The summed E-state index contributed by atoms with van der Waals surface area (Å²) in [5, 5.41) is 0. The normalized spacial score (nSPS) is 11.8. The maximum absolute atomic E-state index is 5.77. The van der Waals surface area contributed by atoms with Crippen LogP contribution in [0.3, 0.4) is 0 Å². The molecule has 0 fully saturated rings. The van der Waals surface area contributed by atoms with E-state index in [-0.39, 0.29) is 30.4 Å².